The van der Waals surface area contributed by atoms with E-state index >= 15 is 0 Å². The van der Waals surface area contributed by atoms with Gasteiger partial charge in [0, 0.05) is 36.6 Å². The van der Waals surface area contributed by atoms with Crippen molar-refractivity contribution < 1.29 is 13.9 Å². The summed E-state index contributed by atoms with van der Waals surface area (Å²) in [5.41, 5.74) is 4.00. The van der Waals surface area contributed by atoms with Crippen LogP contribution in [0.5, 0.6) is 0 Å². The molecule has 0 spiro atoms. The van der Waals surface area contributed by atoms with Crippen molar-refractivity contribution in [1.82, 2.24) is 19.9 Å². The summed E-state index contributed by atoms with van der Waals surface area (Å²) in [5.74, 6) is -0.142. The van der Waals surface area contributed by atoms with Crippen LogP contribution in [0.1, 0.15) is 45.2 Å². The molecule has 0 atom stereocenters. The first-order chi connectivity index (χ1) is 17.0. The Morgan fingerprint density at radius 3 is 2.34 bits per heavy atom. The molecule has 7 nitrogen and oxygen atoms in total. The van der Waals surface area contributed by atoms with E-state index in [1.807, 2.05) is 12.1 Å². The first kappa shape index (κ1) is 24.3. The molecule has 2 aromatic carbocycles. The number of carbonyl (C=O) groups excluding carboxylic acids is 1. The Kier molecular flexibility index (Phi) is 7.99. The lowest BCUT2D eigenvalue weighted by molar-refractivity contribution is 0.0526. The Morgan fingerprint density at radius 1 is 0.971 bits per heavy atom. The minimum atomic E-state index is -0.377. The van der Waals surface area contributed by atoms with E-state index in [-0.39, 0.29) is 17.3 Å². The molecule has 9 heteroatoms. The predicted molar refractivity (Wildman–Crippen MR) is 131 cm³/mol. The molecule has 2 heterocycles. The minimum absolute atomic E-state index is 0.233. The lowest BCUT2D eigenvalue weighted by atomic mass is 10.0. The van der Waals surface area contributed by atoms with Crippen molar-refractivity contribution in [2.24, 2.45) is 0 Å². The number of esters is 1. The summed E-state index contributed by atoms with van der Waals surface area (Å²) in [5, 5.41) is 0.477. The Morgan fingerprint density at radius 2 is 1.66 bits per heavy atom. The van der Waals surface area contributed by atoms with Crippen molar-refractivity contribution in [2.45, 2.75) is 30.7 Å². The van der Waals surface area contributed by atoms with E-state index in [0.717, 1.165) is 16.7 Å². The van der Waals surface area contributed by atoms with Crippen molar-refractivity contribution in [1.29, 1.82) is 0 Å². The SMILES string of the molecule is CCOC(=O)c1ccc(Cc2nc(SCc3ccc(F)cc3)[nH]c(=O)c2Cc2cncnc2)cc1. The van der Waals surface area contributed by atoms with Gasteiger partial charge in [0.25, 0.3) is 5.56 Å². The van der Waals surface area contributed by atoms with Crippen LogP contribution < -0.4 is 5.56 Å². The first-order valence-corrected chi connectivity index (χ1v) is 12.0. The number of thioether (sulfide) groups is 1. The zero-order valence-corrected chi connectivity index (χ0v) is 19.8. The number of aromatic nitrogens is 4. The Balaban J connectivity index is 1.61. The molecule has 0 bridgehead atoms. The molecule has 35 heavy (non-hydrogen) atoms. The zero-order valence-electron chi connectivity index (χ0n) is 19.0. The molecular formula is C26H23FN4O3S. The van der Waals surface area contributed by atoms with Crippen LogP contribution in [0.2, 0.25) is 0 Å². The highest BCUT2D eigenvalue weighted by Gasteiger charge is 2.15. The van der Waals surface area contributed by atoms with Crippen molar-refractivity contribution >= 4 is 17.7 Å². The molecule has 0 fully saturated rings. The van der Waals surface area contributed by atoms with Gasteiger partial charge in [-0.2, -0.15) is 0 Å². The average Bonchev–Trinajstić information content (AvgIpc) is 2.87. The average molecular weight is 491 g/mol. The van der Waals surface area contributed by atoms with E-state index in [9.17, 15) is 14.0 Å². The van der Waals surface area contributed by atoms with Gasteiger partial charge in [-0.25, -0.2) is 24.1 Å². The monoisotopic (exact) mass is 490 g/mol. The van der Waals surface area contributed by atoms with Crippen LogP contribution in [0.4, 0.5) is 4.39 Å². The first-order valence-electron chi connectivity index (χ1n) is 11.0. The summed E-state index contributed by atoms with van der Waals surface area (Å²) in [4.78, 5) is 40.7. The molecular weight excluding hydrogens is 467 g/mol. The summed E-state index contributed by atoms with van der Waals surface area (Å²) in [6.45, 7) is 2.07. The maximum absolute atomic E-state index is 13.2. The van der Waals surface area contributed by atoms with Crippen LogP contribution in [-0.4, -0.2) is 32.5 Å². The summed E-state index contributed by atoms with van der Waals surface area (Å²) < 4.78 is 18.2. The topological polar surface area (TPSA) is 97.8 Å². The molecule has 0 aliphatic carbocycles. The molecule has 4 rings (SSSR count). The maximum Gasteiger partial charge on any atom is 0.338 e. The second-order valence-electron chi connectivity index (χ2n) is 7.73. The van der Waals surface area contributed by atoms with Gasteiger partial charge < -0.3 is 9.72 Å². The second-order valence-corrected chi connectivity index (χ2v) is 8.69. The third-order valence-electron chi connectivity index (χ3n) is 5.20. The Labute approximate surface area is 205 Å². The molecule has 0 amide bonds. The van der Waals surface area contributed by atoms with Crippen molar-refractivity contribution in [3.8, 4) is 0 Å². The molecule has 0 aliphatic heterocycles. The highest BCUT2D eigenvalue weighted by molar-refractivity contribution is 7.98. The molecule has 178 valence electrons. The summed E-state index contributed by atoms with van der Waals surface area (Å²) in [6.07, 6.45) is 5.51. The molecule has 0 saturated heterocycles. The number of ether oxygens (including phenoxy) is 1. The third-order valence-corrected chi connectivity index (χ3v) is 6.14. The lowest BCUT2D eigenvalue weighted by Crippen LogP contribution is -2.19. The number of hydrogen-bond acceptors (Lipinski definition) is 7. The molecule has 0 saturated carbocycles. The fraction of sp³-hybridized carbons (Fsp3) is 0.192. The standard InChI is InChI=1S/C26H23FN4O3S/c1-2-34-25(33)20-7-3-17(4-8-20)12-23-22(11-19-13-28-16-29-14-19)24(32)31-26(30-23)35-15-18-5-9-21(27)10-6-18/h3-10,13-14,16H,2,11-12,15H2,1H3,(H,30,31,32). The van der Waals surface area contributed by atoms with Gasteiger partial charge in [-0.1, -0.05) is 36.0 Å². The summed E-state index contributed by atoms with van der Waals surface area (Å²) in [6, 6.07) is 13.3. The number of aromatic amines is 1. The predicted octanol–water partition coefficient (Wildman–Crippen LogP) is 4.35. The minimum Gasteiger partial charge on any atom is -0.462 e. The summed E-state index contributed by atoms with van der Waals surface area (Å²) in [7, 11) is 0. The number of H-pyrrole nitrogens is 1. The quantitative estimate of drug-likeness (QED) is 0.212. The van der Waals surface area contributed by atoms with Crippen LogP contribution >= 0.6 is 11.8 Å². The Hall–Kier alpha value is -3.85. The third kappa shape index (κ3) is 6.60. The molecule has 0 aliphatic rings. The maximum atomic E-state index is 13.2. The highest BCUT2D eigenvalue weighted by atomic mass is 32.2. The van der Waals surface area contributed by atoms with E-state index in [2.05, 4.69) is 15.0 Å². The lowest BCUT2D eigenvalue weighted by Gasteiger charge is -2.11. The second kappa shape index (κ2) is 11.5. The van der Waals surface area contributed by atoms with Gasteiger partial charge in [-0.3, -0.25) is 4.79 Å². The van der Waals surface area contributed by atoms with Crippen LogP contribution in [0.15, 0.2) is 77.2 Å². The van der Waals surface area contributed by atoms with Gasteiger partial charge in [-0.05, 0) is 47.9 Å². The number of benzene rings is 2. The largest absolute Gasteiger partial charge is 0.462 e. The van der Waals surface area contributed by atoms with Crippen LogP contribution in [0.3, 0.4) is 0 Å². The van der Waals surface area contributed by atoms with Gasteiger partial charge in [0.1, 0.15) is 12.1 Å². The number of hydrogen-bond donors (Lipinski definition) is 1. The summed E-state index contributed by atoms with van der Waals surface area (Å²) >= 11 is 1.37. The van der Waals surface area contributed by atoms with Gasteiger partial charge in [0.05, 0.1) is 17.9 Å². The van der Waals surface area contributed by atoms with Gasteiger partial charge in [0.15, 0.2) is 5.16 Å². The smallest absolute Gasteiger partial charge is 0.338 e. The van der Waals surface area contributed by atoms with E-state index in [4.69, 9.17) is 9.72 Å². The van der Waals surface area contributed by atoms with Crippen molar-refractivity contribution in [2.75, 3.05) is 6.61 Å². The van der Waals surface area contributed by atoms with E-state index in [1.165, 1.54) is 30.2 Å². The van der Waals surface area contributed by atoms with Crippen molar-refractivity contribution in [3.63, 3.8) is 0 Å². The number of halogens is 1. The molecule has 1 N–H and O–H groups in total. The Bertz CT molecular complexity index is 1340. The van der Waals surface area contributed by atoms with E-state index in [1.54, 1.807) is 43.6 Å². The normalized spacial score (nSPS) is 10.8. The van der Waals surface area contributed by atoms with Crippen LogP contribution in [-0.2, 0) is 23.3 Å². The zero-order chi connectivity index (χ0) is 24.6. The van der Waals surface area contributed by atoms with Crippen LogP contribution in [0.25, 0.3) is 0 Å². The van der Waals surface area contributed by atoms with Gasteiger partial charge in [-0.15, -0.1) is 0 Å². The van der Waals surface area contributed by atoms with Crippen LogP contribution in [0, 0.1) is 5.82 Å². The van der Waals surface area contributed by atoms with E-state index < -0.39 is 0 Å². The van der Waals surface area contributed by atoms with Gasteiger partial charge >= 0.3 is 5.97 Å². The number of rotatable bonds is 9. The number of nitrogens with zero attached hydrogens (tertiary/aromatic N) is 3. The fourth-order valence-corrected chi connectivity index (χ4v) is 4.28. The molecule has 4 aromatic rings. The highest BCUT2D eigenvalue weighted by Crippen LogP contribution is 2.21. The van der Waals surface area contributed by atoms with Gasteiger partial charge in [0.2, 0.25) is 0 Å². The number of nitrogens with one attached hydrogen (secondary N) is 1. The molecule has 0 unspecified atom stereocenters. The van der Waals surface area contributed by atoms with Crippen molar-refractivity contribution in [3.05, 3.63) is 117 Å². The molecule has 2 aromatic heterocycles. The van der Waals surface area contributed by atoms with E-state index in [0.29, 0.717) is 47.2 Å². The fourth-order valence-electron chi connectivity index (χ4n) is 3.44. The number of carbonyl (C=O) groups is 1. The molecule has 0 radical (unpaired) electrons.